The van der Waals surface area contributed by atoms with Gasteiger partial charge < -0.3 is 25.6 Å². The molecule has 0 aromatic carbocycles. The molecule has 2 saturated heterocycles. The van der Waals surface area contributed by atoms with Gasteiger partial charge in [-0.25, -0.2) is 4.79 Å². The van der Waals surface area contributed by atoms with E-state index in [1.165, 1.54) is 14.0 Å². The smallest absolute Gasteiger partial charge is 0.328 e. The minimum atomic E-state index is -0.798. The zero-order valence-corrected chi connectivity index (χ0v) is 18.9. The first-order chi connectivity index (χ1) is 14.6. The third kappa shape index (κ3) is 5.95. The van der Waals surface area contributed by atoms with E-state index in [0.29, 0.717) is 19.3 Å². The van der Waals surface area contributed by atoms with E-state index in [9.17, 15) is 24.0 Å². The number of methoxy groups -OCH3 is 1. The van der Waals surface area contributed by atoms with Crippen molar-refractivity contribution in [1.29, 1.82) is 0 Å². The lowest BCUT2D eigenvalue weighted by molar-refractivity contribution is -0.148. The minimum absolute atomic E-state index is 0.0754. The van der Waals surface area contributed by atoms with E-state index in [1.807, 2.05) is 0 Å². The van der Waals surface area contributed by atoms with Gasteiger partial charge in [0.15, 0.2) is 0 Å². The molecule has 10 nitrogen and oxygen atoms in total. The monoisotopic (exact) mass is 438 g/mol. The first kappa shape index (κ1) is 24.6. The maximum Gasteiger partial charge on any atom is 0.328 e. The molecule has 2 aliphatic rings. The summed E-state index contributed by atoms with van der Waals surface area (Å²) < 4.78 is 4.78. The molecule has 2 aliphatic heterocycles. The molecule has 0 spiro atoms. The fraction of sp³-hybridized carbons (Fsp3) is 0.762. The number of hydrogen-bond acceptors (Lipinski definition) is 6. The molecule has 0 saturated carbocycles. The SMILES string of the molecule is COC(=O)[C@@H](NC(=O)[C@@H]1CC[C@@H]2CCC[C@H](NC(=O)[C@H](C)NC(C)=O)C(=O)N21)C(C)C. The van der Waals surface area contributed by atoms with Gasteiger partial charge in [-0.2, -0.15) is 0 Å². The van der Waals surface area contributed by atoms with E-state index in [1.54, 1.807) is 25.7 Å². The Kier molecular flexibility index (Phi) is 8.41. The highest BCUT2D eigenvalue weighted by Gasteiger charge is 2.45. The topological polar surface area (TPSA) is 134 Å². The van der Waals surface area contributed by atoms with Crippen molar-refractivity contribution in [1.82, 2.24) is 20.9 Å². The third-order valence-corrected chi connectivity index (χ3v) is 5.94. The Labute approximate surface area is 182 Å². The first-order valence-electron chi connectivity index (χ1n) is 10.8. The highest BCUT2D eigenvalue weighted by atomic mass is 16.5. The molecule has 31 heavy (non-hydrogen) atoms. The van der Waals surface area contributed by atoms with Crippen LogP contribution in [0.1, 0.15) is 59.8 Å². The number of amides is 4. The summed E-state index contributed by atoms with van der Waals surface area (Å²) in [5, 5.41) is 7.96. The lowest BCUT2D eigenvalue weighted by Gasteiger charge is -2.32. The van der Waals surface area contributed by atoms with Crippen molar-refractivity contribution in [2.45, 2.75) is 90.0 Å². The van der Waals surface area contributed by atoms with Crippen molar-refractivity contribution in [2.24, 2.45) is 5.92 Å². The van der Waals surface area contributed by atoms with E-state index >= 15 is 0 Å². The summed E-state index contributed by atoms with van der Waals surface area (Å²) in [5.74, 6) is -2.18. The molecule has 0 radical (unpaired) electrons. The lowest BCUT2D eigenvalue weighted by Crippen LogP contribution is -2.58. The van der Waals surface area contributed by atoms with Crippen molar-refractivity contribution < 1.29 is 28.7 Å². The number of fused-ring (bicyclic) bond motifs is 1. The number of ether oxygens (including phenoxy) is 1. The zero-order valence-electron chi connectivity index (χ0n) is 18.9. The maximum absolute atomic E-state index is 13.3. The molecular formula is C21H34N4O6. The molecule has 10 heteroatoms. The molecule has 2 rings (SSSR count). The second kappa shape index (κ2) is 10.6. The minimum Gasteiger partial charge on any atom is -0.467 e. The number of carbonyl (C=O) groups is 5. The Hall–Kier alpha value is -2.65. The number of hydrogen-bond donors (Lipinski definition) is 3. The average Bonchev–Trinajstić information content (AvgIpc) is 3.06. The van der Waals surface area contributed by atoms with E-state index < -0.39 is 42.0 Å². The van der Waals surface area contributed by atoms with Gasteiger partial charge in [-0.05, 0) is 44.9 Å². The van der Waals surface area contributed by atoms with Gasteiger partial charge in [0, 0.05) is 13.0 Å². The van der Waals surface area contributed by atoms with Crippen molar-refractivity contribution in [2.75, 3.05) is 7.11 Å². The molecule has 0 aromatic rings. The highest BCUT2D eigenvalue weighted by molar-refractivity contribution is 5.95. The molecule has 0 aliphatic carbocycles. The molecular weight excluding hydrogens is 404 g/mol. The van der Waals surface area contributed by atoms with Crippen LogP contribution in [0.15, 0.2) is 0 Å². The average molecular weight is 439 g/mol. The summed E-state index contributed by atoms with van der Waals surface area (Å²) >= 11 is 0. The molecule has 174 valence electrons. The fourth-order valence-corrected chi connectivity index (χ4v) is 4.29. The number of rotatable bonds is 7. The summed E-state index contributed by atoms with van der Waals surface area (Å²) in [6.45, 7) is 6.47. The molecule has 3 N–H and O–H groups in total. The van der Waals surface area contributed by atoms with Crippen molar-refractivity contribution >= 4 is 29.6 Å². The Balaban J connectivity index is 2.13. The molecule has 4 amide bonds. The van der Waals surface area contributed by atoms with Gasteiger partial charge in [-0.1, -0.05) is 13.8 Å². The van der Waals surface area contributed by atoms with Crippen LogP contribution in [0.25, 0.3) is 0 Å². The van der Waals surface area contributed by atoms with E-state index in [-0.39, 0.29) is 23.8 Å². The van der Waals surface area contributed by atoms with Crippen LogP contribution in [-0.2, 0) is 28.7 Å². The zero-order chi connectivity index (χ0) is 23.3. The Morgan fingerprint density at radius 1 is 1.03 bits per heavy atom. The van der Waals surface area contributed by atoms with Gasteiger partial charge in [-0.15, -0.1) is 0 Å². The first-order valence-corrected chi connectivity index (χ1v) is 10.8. The number of nitrogens with zero attached hydrogens (tertiary/aromatic N) is 1. The van der Waals surface area contributed by atoms with Gasteiger partial charge in [-0.3, -0.25) is 19.2 Å². The Bertz CT molecular complexity index is 725. The fourth-order valence-electron chi connectivity index (χ4n) is 4.29. The second-order valence-corrected chi connectivity index (χ2v) is 8.66. The molecule has 0 unspecified atom stereocenters. The van der Waals surface area contributed by atoms with E-state index in [4.69, 9.17) is 4.74 Å². The summed E-state index contributed by atoms with van der Waals surface area (Å²) in [4.78, 5) is 63.5. The standard InChI is InChI=1S/C21H34N4O6/c1-11(2)17(21(30)31-5)24-19(28)16-10-9-14-7-6-8-15(20(29)25(14)16)23-18(27)12(3)22-13(4)26/h11-12,14-17H,6-10H2,1-5H3,(H,22,26)(H,23,27)(H,24,28)/t12-,14-,15-,16-,17-/m0/s1. The molecule has 2 heterocycles. The number of carbonyl (C=O) groups excluding carboxylic acids is 5. The predicted molar refractivity (Wildman–Crippen MR) is 112 cm³/mol. The van der Waals surface area contributed by atoms with Gasteiger partial charge in [0.05, 0.1) is 7.11 Å². The lowest BCUT2D eigenvalue weighted by atomic mass is 10.0. The predicted octanol–water partition coefficient (Wildman–Crippen LogP) is -0.147. The summed E-state index contributed by atoms with van der Waals surface area (Å²) in [6, 6.07) is -3.10. The van der Waals surface area contributed by atoms with Gasteiger partial charge in [0.1, 0.15) is 24.2 Å². The van der Waals surface area contributed by atoms with E-state index in [0.717, 1.165) is 12.8 Å². The van der Waals surface area contributed by atoms with Gasteiger partial charge in [0.25, 0.3) is 0 Å². The summed E-state index contributed by atoms with van der Waals surface area (Å²) in [5.41, 5.74) is 0. The molecule has 0 bridgehead atoms. The van der Waals surface area contributed by atoms with Crippen molar-refractivity contribution in [3.05, 3.63) is 0 Å². The summed E-state index contributed by atoms with van der Waals surface area (Å²) in [7, 11) is 1.27. The van der Waals surface area contributed by atoms with Crippen LogP contribution in [0.2, 0.25) is 0 Å². The van der Waals surface area contributed by atoms with Crippen LogP contribution >= 0.6 is 0 Å². The van der Waals surface area contributed by atoms with Crippen molar-refractivity contribution in [3.8, 4) is 0 Å². The maximum atomic E-state index is 13.3. The Morgan fingerprint density at radius 3 is 2.29 bits per heavy atom. The van der Waals surface area contributed by atoms with Crippen LogP contribution in [0, 0.1) is 5.92 Å². The summed E-state index contributed by atoms with van der Waals surface area (Å²) in [6.07, 6.45) is 3.13. The van der Waals surface area contributed by atoms with Crippen LogP contribution < -0.4 is 16.0 Å². The van der Waals surface area contributed by atoms with Crippen LogP contribution in [-0.4, -0.2) is 71.8 Å². The van der Waals surface area contributed by atoms with Crippen molar-refractivity contribution in [3.63, 3.8) is 0 Å². The van der Waals surface area contributed by atoms with Gasteiger partial charge >= 0.3 is 5.97 Å². The Morgan fingerprint density at radius 2 is 1.71 bits per heavy atom. The van der Waals surface area contributed by atoms with Gasteiger partial charge in [0.2, 0.25) is 23.6 Å². The normalized spacial score (nSPS) is 25.2. The highest BCUT2D eigenvalue weighted by Crippen LogP contribution is 2.32. The second-order valence-electron chi connectivity index (χ2n) is 8.66. The molecule has 0 aromatic heterocycles. The quantitative estimate of drug-likeness (QED) is 0.474. The molecule has 2 fully saturated rings. The van der Waals surface area contributed by atoms with E-state index in [2.05, 4.69) is 16.0 Å². The number of nitrogens with one attached hydrogen (secondary N) is 3. The third-order valence-electron chi connectivity index (χ3n) is 5.94. The largest absolute Gasteiger partial charge is 0.467 e. The van der Waals surface area contributed by atoms with Crippen LogP contribution in [0.5, 0.6) is 0 Å². The molecule has 5 atom stereocenters. The van der Waals surface area contributed by atoms with Crippen LogP contribution in [0.3, 0.4) is 0 Å². The number of esters is 1. The van der Waals surface area contributed by atoms with Crippen LogP contribution in [0.4, 0.5) is 0 Å².